The summed E-state index contributed by atoms with van der Waals surface area (Å²) >= 11 is 0. The van der Waals surface area contributed by atoms with Crippen LogP contribution in [0.1, 0.15) is 40.5 Å². The molecule has 1 aliphatic rings. The first-order chi connectivity index (χ1) is 8.05. The summed E-state index contributed by atoms with van der Waals surface area (Å²) in [4.78, 5) is 13.3. The zero-order valence-corrected chi connectivity index (χ0v) is 11.4. The van der Waals surface area contributed by atoms with Crippen LogP contribution in [0.5, 0.6) is 0 Å². The molecule has 18 heavy (non-hydrogen) atoms. The van der Waals surface area contributed by atoms with Crippen LogP contribution in [0.25, 0.3) is 0 Å². The summed E-state index contributed by atoms with van der Waals surface area (Å²) < 4.78 is 31.1. The third kappa shape index (κ3) is 3.31. The fourth-order valence-electron chi connectivity index (χ4n) is 2.10. The normalized spacial score (nSPS) is 24.2. The van der Waals surface area contributed by atoms with E-state index in [1.165, 1.54) is 11.8 Å². The van der Waals surface area contributed by atoms with Crippen LogP contribution in [0.2, 0.25) is 0 Å². The first-order valence-corrected chi connectivity index (χ1v) is 6.12. The molecule has 1 heterocycles. The van der Waals surface area contributed by atoms with Gasteiger partial charge in [0.1, 0.15) is 5.60 Å². The molecule has 1 aliphatic heterocycles. The van der Waals surface area contributed by atoms with Crippen LogP contribution >= 0.6 is 0 Å². The number of rotatable bonds is 2. The molecule has 1 saturated heterocycles. The highest BCUT2D eigenvalue weighted by Gasteiger charge is 2.46. The quantitative estimate of drug-likeness (QED) is 0.833. The highest BCUT2D eigenvalue weighted by molar-refractivity contribution is 5.69. The molecule has 6 heteroatoms. The summed E-state index contributed by atoms with van der Waals surface area (Å²) in [5.74, 6) is 0. The van der Waals surface area contributed by atoms with Crippen LogP contribution in [0.15, 0.2) is 0 Å². The van der Waals surface area contributed by atoms with Gasteiger partial charge in [0.2, 0.25) is 0 Å². The Morgan fingerprint density at radius 3 is 2.39 bits per heavy atom. The first kappa shape index (κ1) is 15.1. The number of carbonyl (C=O) groups excluding carboxylic acids is 1. The predicted octanol–water partition coefficient (Wildman–Crippen LogP) is 2.37. The number of amides is 1. The van der Waals surface area contributed by atoms with E-state index in [2.05, 4.69) is 0 Å². The van der Waals surface area contributed by atoms with Crippen molar-refractivity contribution in [2.24, 2.45) is 5.73 Å². The molecule has 2 N–H and O–H groups in total. The zero-order chi connectivity index (χ0) is 14.1. The van der Waals surface area contributed by atoms with Gasteiger partial charge in [-0.15, -0.1) is 0 Å². The monoisotopic (exact) mass is 264 g/mol. The molecule has 2 unspecified atom stereocenters. The molecule has 0 saturated carbocycles. The molecule has 0 bridgehead atoms. The minimum absolute atomic E-state index is 0.416. The summed E-state index contributed by atoms with van der Waals surface area (Å²) in [7, 11) is 0. The minimum Gasteiger partial charge on any atom is -0.444 e. The summed E-state index contributed by atoms with van der Waals surface area (Å²) in [5.41, 5.74) is 3.32. The van der Waals surface area contributed by atoms with E-state index in [0.29, 0.717) is 19.4 Å². The molecule has 2 atom stereocenters. The highest BCUT2D eigenvalue weighted by Crippen LogP contribution is 2.30. The molecule has 4 nitrogen and oxygen atoms in total. The van der Waals surface area contributed by atoms with Crippen molar-refractivity contribution in [1.29, 1.82) is 0 Å². The van der Waals surface area contributed by atoms with E-state index in [4.69, 9.17) is 10.5 Å². The van der Waals surface area contributed by atoms with Crippen LogP contribution in [-0.2, 0) is 4.74 Å². The minimum atomic E-state index is -2.68. The molecule has 1 amide bonds. The molecule has 1 fully saturated rings. The second-order valence-electron chi connectivity index (χ2n) is 6.00. The van der Waals surface area contributed by atoms with Crippen molar-refractivity contribution in [2.45, 2.75) is 64.1 Å². The zero-order valence-electron chi connectivity index (χ0n) is 11.4. The maximum atomic E-state index is 12.9. The number of nitrogens with zero attached hydrogens (tertiary/aromatic N) is 1. The molecule has 0 aliphatic carbocycles. The van der Waals surface area contributed by atoms with Crippen molar-refractivity contribution in [3.05, 3.63) is 0 Å². The van der Waals surface area contributed by atoms with Gasteiger partial charge in [0.05, 0.1) is 11.6 Å². The van der Waals surface area contributed by atoms with E-state index in [9.17, 15) is 13.6 Å². The van der Waals surface area contributed by atoms with E-state index in [0.717, 1.165) is 0 Å². The number of carbonyl (C=O) groups is 1. The molecule has 106 valence electrons. The van der Waals surface area contributed by atoms with Crippen LogP contribution in [0, 0.1) is 0 Å². The Morgan fingerprint density at radius 1 is 1.39 bits per heavy atom. The highest BCUT2D eigenvalue weighted by atomic mass is 19.3. The lowest BCUT2D eigenvalue weighted by atomic mass is 9.92. The Balaban J connectivity index is 2.80. The number of nitrogens with two attached hydrogens (primary N) is 1. The maximum Gasteiger partial charge on any atom is 0.410 e. The van der Waals surface area contributed by atoms with Crippen LogP contribution < -0.4 is 5.73 Å². The van der Waals surface area contributed by atoms with Gasteiger partial charge in [-0.25, -0.2) is 13.6 Å². The molecular weight excluding hydrogens is 242 g/mol. The molecule has 0 aromatic heterocycles. The molecule has 0 aromatic carbocycles. The SMILES string of the molecule is CC(C)(C)OC(=O)N1CCCC1C(C)(N)C(F)F. The largest absolute Gasteiger partial charge is 0.444 e. The lowest BCUT2D eigenvalue weighted by Crippen LogP contribution is -2.60. The van der Waals surface area contributed by atoms with Gasteiger partial charge in [-0.3, -0.25) is 0 Å². The first-order valence-electron chi connectivity index (χ1n) is 6.12. The van der Waals surface area contributed by atoms with Crippen molar-refractivity contribution in [1.82, 2.24) is 4.90 Å². The van der Waals surface area contributed by atoms with Gasteiger partial charge in [0, 0.05) is 6.54 Å². The standard InChI is InChI=1S/C12H22F2N2O2/c1-11(2,3)18-10(17)16-7-5-6-8(16)12(4,15)9(13)14/h8-9H,5-7,15H2,1-4H3. The van der Waals surface area contributed by atoms with Crippen LogP contribution in [-0.4, -0.2) is 41.1 Å². The molecular formula is C12H22F2N2O2. The Labute approximate surface area is 106 Å². The summed E-state index contributed by atoms with van der Waals surface area (Å²) in [5, 5.41) is 0. The van der Waals surface area contributed by atoms with Gasteiger partial charge in [-0.2, -0.15) is 0 Å². The topological polar surface area (TPSA) is 55.6 Å². The van der Waals surface area contributed by atoms with E-state index >= 15 is 0 Å². The van der Waals surface area contributed by atoms with Crippen LogP contribution in [0.4, 0.5) is 13.6 Å². The van der Waals surface area contributed by atoms with E-state index in [1.807, 2.05) is 0 Å². The Hall–Kier alpha value is -0.910. The second kappa shape index (κ2) is 4.99. The van der Waals surface area contributed by atoms with Gasteiger partial charge in [0.15, 0.2) is 0 Å². The number of ether oxygens (including phenoxy) is 1. The average molecular weight is 264 g/mol. The molecule has 1 rings (SSSR count). The van der Waals surface area contributed by atoms with Crippen molar-refractivity contribution < 1.29 is 18.3 Å². The van der Waals surface area contributed by atoms with Gasteiger partial charge in [-0.1, -0.05) is 0 Å². The van der Waals surface area contributed by atoms with Crippen molar-refractivity contribution in [3.8, 4) is 0 Å². The number of hydrogen-bond acceptors (Lipinski definition) is 3. The Morgan fingerprint density at radius 2 is 1.94 bits per heavy atom. The van der Waals surface area contributed by atoms with Crippen LogP contribution in [0.3, 0.4) is 0 Å². The third-order valence-corrected chi connectivity index (χ3v) is 3.07. The fourth-order valence-corrected chi connectivity index (χ4v) is 2.10. The Bertz CT molecular complexity index is 314. The third-order valence-electron chi connectivity index (χ3n) is 3.07. The average Bonchev–Trinajstić information content (AvgIpc) is 2.62. The summed E-state index contributed by atoms with van der Waals surface area (Å²) in [6.45, 7) is 6.92. The molecule has 0 aromatic rings. The lowest BCUT2D eigenvalue weighted by Gasteiger charge is -2.37. The van der Waals surface area contributed by atoms with Crippen molar-refractivity contribution in [3.63, 3.8) is 0 Å². The van der Waals surface area contributed by atoms with E-state index < -0.39 is 29.7 Å². The molecule has 0 spiro atoms. The number of hydrogen-bond donors (Lipinski definition) is 1. The van der Waals surface area contributed by atoms with Crippen molar-refractivity contribution >= 4 is 6.09 Å². The van der Waals surface area contributed by atoms with Gasteiger partial charge >= 0.3 is 6.09 Å². The smallest absolute Gasteiger partial charge is 0.410 e. The van der Waals surface area contributed by atoms with Gasteiger partial charge in [0.25, 0.3) is 6.43 Å². The van der Waals surface area contributed by atoms with Crippen molar-refractivity contribution in [2.75, 3.05) is 6.54 Å². The number of likely N-dealkylation sites (tertiary alicyclic amines) is 1. The second-order valence-corrected chi connectivity index (χ2v) is 6.00. The molecule has 0 radical (unpaired) electrons. The Kier molecular flexibility index (Phi) is 4.20. The van der Waals surface area contributed by atoms with Gasteiger partial charge in [-0.05, 0) is 40.5 Å². The maximum absolute atomic E-state index is 12.9. The van der Waals surface area contributed by atoms with E-state index in [1.54, 1.807) is 20.8 Å². The summed E-state index contributed by atoms with van der Waals surface area (Å²) in [6.07, 6.45) is -2.09. The lowest BCUT2D eigenvalue weighted by molar-refractivity contribution is -0.00986. The summed E-state index contributed by atoms with van der Waals surface area (Å²) in [6, 6.07) is -0.674. The number of alkyl halides is 2. The van der Waals surface area contributed by atoms with Gasteiger partial charge < -0.3 is 15.4 Å². The predicted molar refractivity (Wildman–Crippen MR) is 64.6 cm³/mol. The van der Waals surface area contributed by atoms with E-state index in [-0.39, 0.29) is 0 Å². The fraction of sp³-hybridized carbons (Fsp3) is 0.917. The number of halogens is 2.